The highest BCUT2D eigenvalue weighted by Crippen LogP contribution is 2.20. The van der Waals surface area contributed by atoms with E-state index in [4.69, 9.17) is 4.74 Å². The molecule has 35 heavy (non-hydrogen) atoms. The Morgan fingerprint density at radius 3 is 2.51 bits per heavy atom. The number of methoxy groups -OCH3 is 1. The van der Waals surface area contributed by atoms with Gasteiger partial charge in [0.2, 0.25) is 5.91 Å². The molecule has 4 rings (SSSR count). The van der Waals surface area contributed by atoms with Crippen molar-refractivity contribution >= 4 is 28.7 Å². The molecule has 2 heterocycles. The molecule has 2 aromatic heterocycles. The summed E-state index contributed by atoms with van der Waals surface area (Å²) in [5.74, 6) is -1.00. The van der Waals surface area contributed by atoms with Gasteiger partial charge in [-0.25, -0.2) is 4.68 Å². The van der Waals surface area contributed by atoms with Gasteiger partial charge in [-0.15, -0.1) is 0 Å². The zero-order valence-corrected chi connectivity index (χ0v) is 19.8. The lowest BCUT2D eigenvalue weighted by Crippen LogP contribution is -2.42. The molecular weight excluding hydrogens is 446 g/mol. The minimum absolute atomic E-state index is 0.138. The topological polar surface area (TPSA) is 118 Å². The number of aryl methyl sites for hydroxylation is 1. The molecular formula is C26H27N5O4. The number of hydrogen-bond acceptors (Lipinski definition) is 5. The number of rotatable bonds is 7. The van der Waals surface area contributed by atoms with Gasteiger partial charge in [-0.2, -0.15) is 5.10 Å². The number of para-hydroxylation sites is 1. The number of carbonyl (C=O) groups excluding carboxylic acids is 3. The third-order valence-electron chi connectivity index (χ3n) is 5.96. The van der Waals surface area contributed by atoms with Gasteiger partial charge in [0.25, 0.3) is 5.91 Å². The first kappa shape index (κ1) is 23.7. The Balaban J connectivity index is 1.36. The van der Waals surface area contributed by atoms with Crippen molar-refractivity contribution in [1.82, 2.24) is 25.6 Å². The molecule has 0 saturated carbocycles. The molecule has 0 unspecified atom stereocenters. The Labute approximate surface area is 202 Å². The number of esters is 1. The summed E-state index contributed by atoms with van der Waals surface area (Å²) in [5, 5.41) is 5.55. The molecule has 0 spiro atoms. The molecule has 0 aliphatic rings. The van der Waals surface area contributed by atoms with Crippen molar-refractivity contribution in [3.63, 3.8) is 0 Å². The Bertz CT molecular complexity index is 1380. The molecule has 0 aliphatic carbocycles. The van der Waals surface area contributed by atoms with Gasteiger partial charge in [0.1, 0.15) is 0 Å². The number of fused-ring (bicyclic) bond motifs is 1. The standard InChI is InChI=1S/C26H27N5O4/c1-16-21(12-13-25(33)35-3)17(2)31(30-16)20-10-8-18(9-11-20)26(34)29-28-24(32)14-19-15-27-23-7-5-4-6-22(19)23/h4-11,15,27H,12-14H2,1-3H3,(H,28,32)(H,29,34). The second-order valence-electron chi connectivity index (χ2n) is 8.22. The van der Waals surface area contributed by atoms with Crippen molar-refractivity contribution in [2.75, 3.05) is 7.11 Å². The molecule has 0 saturated heterocycles. The van der Waals surface area contributed by atoms with E-state index in [0.29, 0.717) is 12.0 Å². The molecule has 0 atom stereocenters. The van der Waals surface area contributed by atoms with Crippen LogP contribution in [0.2, 0.25) is 0 Å². The Morgan fingerprint density at radius 1 is 1.03 bits per heavy atom. The van der Waals surface area contributed by atoms with Gasteiger partial charge in [0, 0.05) is 34.8 Å². The lowest BCUT2D eigenvalue weighted by atomic mass is 10.1. The zero-order valence-electron chi connectivity index (χ0n) is 19.8. The maximum Gasteiger partial charge on any atom is 0.305 e. The van der Waals surface area contributed by atoms with Gasteiger partial charge < -0.3 is 9.72 Å². The monoisotopic (exact) mass is 473 g/mol. The van der Waals surface area contributed by atoms with E-state index in [0.717, 1.165) is 39.1 Å². The average molecular weight is 474 g/mol. The summed E-state index contributed by atoms with van der Waals surface area (Å²) in [6.07, 6.45) is 2.77. The van der Waals surface area contributed by atoms with Gasteiger partial charge in [0.05, 0.1) is 24.9 Å². The van der Waals surface area contributed by atoms with Crippen molar-refractivity contribution < 1.29 is 19.1 Å². The number of hydrogen-bond donors (Lipinski definition) is 3. The third-order valence-corrected chi connectivity index (χ3v) is 5.96. The summed E-state index contributed by atoms with van der Waals surface area (Å²) in [7, 11) is 1.37. The summed E-state index contributed by atoms with van der Waals surface area (Å²) in [6, 6.07) is 14.6. The van der Waals surface area contributed by atoms with E-state index < -0.39 is 5.91 Å². The maximum atomic E-state index is 12.5. The fraction of sp³-hybridized carbons (Fsp3) is 0.231. The first-order chi connectivity index (χ1) is 16.9. The molecule has 0 bridgehead atoms. The van der Waals surface area contributed by atoms with Crippen LogP contribution >= 0.6 is 0 Å². The number of ether oxygens (including phenoxy) is 1. The van der Waals surface area contributed by atoms with Crippen molar-refractivity contribution in [2.24, 2.45) is 0 Å². The van der Waals surface area contributed by atoms with Crippen LogP contribution in [0.25, 0.3) is 16.6 Å². The quantitative estimate of drug-likeness (QED) is 0.282. The fourth-order valence-electron chi connectivity index (χ4n) is 4.06. The Morgan fingerprint density at radius 2 is 1.77 bits per heavy atom. The fourth-order valence-corrected chi connectivity index (χ4v) is 4.06. The van der Waals surface area contributed by atoms with Crippen LogP contribution < -0.4 is 10.9 Å². The Hall–Kier alpha value is -4.40. The number of H-pyrrole nitrogens is 1. The molecule has 0 aliphatic heterocycles. The highest BCUT2D eigenvalue weighted by Gasteiger charge is 2.15. The molecule has 0 radical (unpaired) electrons. The first-order valence-corrected chi connectivity index (χ1v) is 11.2. The van der Waals surface area contributed by atoms with Crippen LogP contribution in [0.4, 0.5) is 0 Å². The lowest BCUT2D eigenvalue weighted by Gasteiger charge is -2.09. The number of aromatic amines is 1. The second-order valence-corrected chi connectivity index (χ2v) is 8.22. The summed E-state index contributed by atoms with van der Waals surface area (Å²) in [6.45, 7) is 3.84. The van der Waals surface area contributed by atoms with Crippen LogP contribution in [0.15, 0.2) is 54.7 Å². The number of nitrogens with zero attached hydrogens (tertiary/aromatic N) is 2. The number of carbonyl (C=O) groups is 3. The smallest absolute Gasteiger partial charge is 0.305 e. The number of benzene rings is 2. The van der Waals surface area contributed by atoms with Crippen molar-refractivity contribution in [3.8, 4) is 5.69 Å². The predicted octanol–water partition coefficient (Wildman–Crippen LogP) is 3.08. The highest BCUT2D eigenvalue weighted by atomic mass is 16.5. The number of hydrazine groups is 1. The van der Waals surface area contributed by atoms with Crippen molar-refractivity contribution in [2.45, 2.75) is 33.1 Å². The largest absolute Gasteiger partial charge is 0.469 e. The SMILES string of the molecule is COC(=O)CCc1c(C)nn(-c2ccc(C(=O)NNC(=O)Cc3c[nH]c4ccccc34)cc2)c1C. The van der Waals surface area contributed by atoms with Gasteiger partial charge in [0.15, 0.2) is 0 Å². The zero-order chi connectivity index (χ0) is 24.9. The van der Waals surface area contributed by atoms with Gasteiger partial charge in [-0.3, -0.25) is 25.2 Å². The number of nitrogens with one attached hydrogen (secondary N) is 3. The molecule has 180 valence electrons. The normalized spacial score (nSPS) is 10.8. The third kappa shape index (κ3) is 5.24. The van der Waals surface area contributed by atoms with E-state index >= 15 is 0 Å². The molecule has 3 N–H and O–H groups in total. The van der Waals surface area contributed by atoms with Gasteiger partial charge in [-0.1, -0.05) is 18.2 Å². The van der Waals surface area contributed by atoms with Crippen LogP contribution in [0, 0.1) is 13.8 Å². The van der Waals surface area contributed by atoms with E-state index in [1.807, 2.05) is 38.1 Å². The van der Waals surface area contributed by atoms with E-state index in [1.165, 1.54) is 7.11 Å². The molecule has 2 amide bonds. The first-order valence-electron chi connectivity index (χ1n) is 11.2. The molecule has 2 aromatic carbocycles. The van der Waals surface area contributed by atoms with Gasteiger partial charge >= 0.3 is 5.97 Å². The van der Waals surface area contributed by atoms with Crippen LogP contribution in [0.1, 0.15) is 39.3 Å². The summed E-state index contributed by atoms with van der Waals surface area (Å²) < 4.78 is 6.51. The van der Waals surface area contributed by atoms with E-state index in [2.05, 4.69) is 20.9 Å². The van der Waals surface area contributed by atoms with Crippen LogP contribution in [-0.2, 0) is 27.2 Å². The van der Waals surface area contributed by atoms with E-state index in [1.54, 1.807) is 35.1 Å². The number of amides is 2. The highest BCUT2D eigenvalue weighted by molar-refractivity contribution is 5.96. The maximum absolute atomic E-state index is 12.5. The van der Waals surface area contributed by atoms with Gasteiger partial charge in [-0.05, 0) is 61.7 Å². The van der Waals surface area contributed by atoms with E-state index in [9.17, 15) is 14.4 Å². The van der Waals surface area contributed by atoms with Crippen molar-refractivity contribution in [1.29, 1.82) is 0 Å². The molecule has 4 aromatic rings. The summed E-state index contributed by atoms with van der Waals surface area (Å²) in [5.41, 5.74) is 10.7. The van der Waals surface area contributed by atoms with Crippen LogP contribution in [-0.4, -0.2) is 39.7 Å². The lowest BCUT2D eigenvalue weighted by molar-refractivity contribution is -0.140. The van der Waals surface area contributed by atoms with Crippen molar-refractivity contribution in [3.05, 3.63) is 82.8 Å². The minimum atomic E-state index is -0.420. The minimum Gasteiger partial charge on any atom is -0.469 e. The van der Waals surface area contributed by atoms with Crippen LogP contribution in [0.3, 0.4) is 0 Å². The number of aromatic nitrogens is 3. The predicted molar refractivity (Wildman–Crippen MR) is 131 cm³/mol. The second kappa shape index (κ2) is 10.3. The molecule has 0 fully saturated rings. The average Bonchev–Trinajstić information content (AvgIpc) is 3.41. The Kier molecular flexibility index (Phi) is 6.96. The molecule has 9 nitrogen and oxygen atoms in total. The molecule has 9 heteroatoms. The van der Waals surface area contributed by atoms with E-state index in [-0.39, 0.29) is 24.7 Å². The summed E-state index contributed by atoms with van der Waals surface area (Å²) in [4.78, 5) is 39.5. The summed E-state index contributed by atoms with van der Waals surface area (Å²) >= 11 is 0. The van der Waals surface area contributed by atoms with Crippen LogP contribution in [0.5, 0.6) is 0 Å².